The molecule has 0 fully saturated rings. The van der Waals surface area contributed by atoms with Crippen LogP contribution in [0.3, 0.4) is 0 Å². The highest BCUT2D eigenvalue weighted by atomic mass is 79.9. The molecule has 4 rings (SSSR count). The molecule has 0 aromatic heterocycles. The summed E-state index contributed by atoms with van der Waals surface area (Å²) in [5, 5.41) is 2.03. The molecule has 0 unspecified atom stereocenters. The van der Waals surface area contributed by atoms with Gasteiger partial charge in [0.05, 0.1) is 11.1 Å². The summed E-state index contributed by atoms with van der Waals surface area (Å²) in [5.41, 5.74) is 4.74. The Kier molecular flexibility index (Phi) is 12.4. The second-order valence-electron chi connectivity index (χ2n) is 7.89. The molecule has 13 heteroatoms. The normalized spacial score (nSPS) is 10.9. The molecular formula is C28H19Br2ClF6N2O2. The van der Waals surface area contributed by atoms with E-state index in [4.69, 9.17) is 17.3 Å². The van der Waals surface area contributed by atoms with E-state index in [2.05, 4.69) is 37.2 Å². The minimum atomic E-state index is -4.48. The highest BCUT2D eigenvalue weighted by Crippen LogP contribution is 2.37. The maximum absolute atomic E-state index is 12.7. The zero-order valence-electron chi connectivity index (χ0n) is 20.5. The Balaban J connectivity index is 0.000000237. The predicted molar refractivity (Wildman–Crippen MR) is 154 cm³/mol. The number of nitrogens with one attached hydrogen (secondary N) is 1. The van der Waals surface area contributed by atoms with Crippen molar-refractivity contribution in [1.29, 1.82) is 0 Å². The quantitative estimate of drug-likeness (QED) is 0.126. The van der Waals surface area contributed by atoms with Crippen LogP contribution in [-0.4, -0.2) is 11.1 Å². The molecule has 4 aromatic rings. The van der Waals surface area contributed by atoms with E-state index in [1.54, 1.807) is 54.6 Å². The van der Waals surface area contributed by atoms with E-state index in [0.717, 1.165) is 12.1 Å². The molecule has 4 nitrogen and oxygen atoms in total. The second kappa shape index (κ2) is 15.0. The van der Waals surface area contributed by atoms with Crippen molar-refractivity contribution in [3.05, 3.63) is 128 Å². The first-order chi connectivity index (χ1) is 19.1. The van der Waals surface area contributed by atoms with Gasteiger partial charge in [-0.05, 0) is 60.1 Å². The van der Waals surface area contributed by atoms with Crippen molar-refractivity contribution >= 4 is 66.0 Å². The summed E-state index contributed by atoms with van der Waals surface area (Å²) >= 11 is 10.8. The Bertz CT molecular complexity index is 1470. The van der Waals surface area contributed by atoms with Gasteiger partial charge in [0.1, 0.15) is 0 Å². The third-order valence-corrected chi connectivity index (χ3v) is 6.46. The molecule has 4 aromatic carbocycles. The average molecular weight is 725 g/mol. The van der Waals surface area contributed by atoms with Gasteiger partial charge in [0.2, 0.25) is 0 Å². The van der Waals surface area contributed by atoms with Crippen LogP contribution in [0.1, 0.15) is 31.8 Å². The number of halogens is 9. The van der Waals surface area contributed by atoms with E-state index in [9.17, 15) is 35.9 Å². The maximum atomic E-state index is 12.7. The lowest BCUT2D eigenvalue weighted by Gasteiger charge is -2.12. The lowest BCUT2D eigenvalue weighted by molar-refractivity contribution is -0.139. The highest BCUT2D eigenvalue weighted by Gasteiger charge is 2.33. The average Bonchev–Trinajstić information content (AvgIpc) is 2.91. The number of carbonyl (C=O) groups excluding carboxylic acids is 2. The molecule has 0 saturated carbocycles. The number of nitrogen functional groups attached to an aromatic ring is 1. The molecule has 216 valence electrons. The van der Waals surface area contributed by atoms with Gasteiger partial charge in [0.15, 0.2) is 0 Å². The number of amides is 1. The van der Waals surface area contributed by atoms with Crippen LogP contribution in [0.5, 0.6) is 0 Å². The molecule has 0 atom stereocenters. The summed E-state index contributed by atoms with van der Waals surface area (Å²) in [7, 11) is 0. The van der Waals surface area contributed by atoms with Crippen molar-refractivity contribution in [1.82, 2.24) is 0 Å². The number of carbonyl (C=O) groups is 2. The van der Waals surface area contributed by atoms with Gasteiger partial charge in [-0.25, -0.2) is 0 Å². The second-order valence-corrected chi connectivity index (χ2v) is 9.94. The predicted octanol–water partition coefficient (Wildman–Crippen LogP) is 9.84. The largest absolute Gasteiger partial charge is 0.417 e. The van der Waals surface area contributed by atoms with Crippen LogP contribution in [0.15, 0.2) is 106 Å². The molecule has 1 amide bonds. The van der Waals surface area contributed by atoms with Crippen LogP contribution in [0.2, 0.25) is 0 Å². The molecule has 0 radical (unpaired) electrons. The standard InChI is InChI=1S/C14H9BrF3NO.C7H5BrF3N.C7H5ClO/c15-12-7-6-10(8-11(12)14(16,17)18)19-13(20)9-4-2-1-3-5-9;8-6-2-1-4(12)3-5(6)7(9,10)11;8-7(9)6-4-2-1-3-5-6/h1-8H,(H,19,20);1-3H,12H2;1-5H. The van der Waals surface area contributed by atoms with Crippen LogP contribution < -0.4 is 11.1 Å². The van der Waals surface area contributed by atoms with E-state index in [1.807, 2.05) is 6.07 Å². The molecule has 0 aliphatic heterocycles. The number of hydrogen-bond acceptors (Lipinski definition) is 3. The third kappa shape index (κ3) is 11.2. The highest BCUT2D eigenvalue weighted by molar-refractivity contribution is 9.10. The van der Waals surface area contributed by atoms with Crippen molar-refractivity contribution < 1.29 is 35.9 Å². The number of anilines is 2. The molecule has 0 saturated heterocycles. The zero-order chi connectivity index (χ0) is 30.8. The van der Waals surface area contributed by atoms with E-state index in [1.165, 1.54) is 24.3 Å². The summed E-state index contributed by atoms with van der Waals surface area (Å²) in [5.74, 6) is -0.457. The number of alkyl halides is 6. The van der Waals surface area contributed by atoms with Gasteiger partial charge in [-0.1, -0.05) is 80.4 Å². The van der Waals surface area contributed by atoms with Crippen molar-refractivity contribution in [2.24, 2.45) is 0 Å². The summed E-state index contributed by atoms with van der Waals surface area (Å²) in [4.78, 5) is 22.3. The fourth-order valence-corrected chi connectivity index (χ4v) is 4.01. The first-order valence-electron chi connectivity index (χ1n) is 11.2. The van der Waals surface area contributed by atoms with Gasteiger partial charge < -0.3 is 11.1 Å². The monoisotopic (exact) mass is 722 g/mol. The molecule has 3 N–H and O–H groups in total. The summed E-state index contributed by atoms with van der Waals surface area (Å²) in [6, 6.07) is 24.1. The Morgan fingerprint density at radius 3 is 1.51 bits per heavy atom. The number of benzene rings is 4. The molecule has 0 heterocycles. The van der Waals surface area contributed by atoms with Crippen LogP contribution in [0, 0.1) is 0 Å². The molecule has 41 heavy (non-hydrogen) atoms. The lowest BCUT2D eigenvalue weighted by atomic mass is 10.1. The van der Waals surface area contributed by atoms with Crippen LogP contribution in [0.4, 0.5) is 37.7 Å². The van der Waals surface area contributed by atoms with Crippen LogP contribution >= 0.6 is 43.5 Å². The molecule has 0 aliphatic carbocycles. The van der Waals surface area contributed by atoms with E-state index in [0.29, 0.717) is 11.1 Å². The molecule has 0 spiro atoms. The molecule has 0 bridgehead atoms. The summed E-state index contributed by atoms with van der Waals surface area (Å²) in [6.45, 7) is 0. The van der Waals surface area contributed by atoms with Crippen molar-refractivity contribution in [2.45, 2.75) is 12.4 Å². The third-order valence-electron chi connectivity index (χ3n) is 4.86. The minimum Gasteiger partial charge on any atom is -0.399 e. The van der Waals surface area contributed by atoms with Gasteiger partial charge in [-0.15, -0.1) is 0 Å². The van der Waals surface area contributed by atoms with Crippen LogP contribution in [0.25, 0.3) is 0 Å². The Labute approximate surface area is 252 Å². The van der Waals surface area contributed by atoms with E-state index < -0.39 is 34.6 Å². The van der Waals surface area contributed by atoms with Crippen molar-refractivity contribution in [2.75, 3.05) is 11.1 Å². The topological polar surface area (TPSA) is 72.2 Å². The van der Waals surface area contributed by atoms with E-state index >= 15 is 0 Å². The van der Waals surface area contributed by atoms with Crippen molar-refractivity contribution in [3.63, 3.8) is 0 Å². The number of hydrogen-bond donors (Lipinski definition) is 2. The lowest BCUT2D eigenvalue weighted by Crippen LogP contribution is -2.13. The maximum Gasteiger partial charge on any atom is 0.417 e. The number of nitrogens with two attached hydrogens (primary N) is 1. The molecular weight excluding hydrogens is 706 g/mol. The van der Waals surface area contributed by atoms with Gasteiger partial charge in [0.25, 0.3) is 11.1 Å². The van der Waals surface area contributed by atoms with Gasteiger partial charge >= 0.3 is 12.4 Å². The van der Waals surface area contributed by atoms with Crippen LogP contribution in [-0.2, 0) is 12.4 Å². The number of rotatable bonds is 3. The minimum absolute atomic E-state index is 0.00389. The Morgan fingerprint density at radius 1 is 0.659 bits per heavy atom. The SMILES string of the molecule is Nc1ccc(Br)c(C(F)(F)F)c1.O=C(Cl)c1ccccc1.O=C(Nc1ccc(Br)c(C(F)(F)F)c1)c1ccccc1. The zero-order valence-corrected chi connectivity index (χ0v) is 24.5. The Morgan fingerprint density at radius 2 is 1.10 bits per heavy atom. The van der Waals surface area contributed by atoms with Gasteiger partial charge in [0, 0.05) is 31.4 Å². The van der Waals surface area contributed by atoms with E-state index in [-0.39, 0.29) is 20.3 Å². The summed E-state index contributed by atoms with van der Waals surface area (Å²) in [6.07, 6.45) is -8.83. The first-order valence-corrected chi connectivity index (χ1v) is 13.2. The van der Waals surface area contributed by atoms with Crippen molar-refractivity contribution in [3.8, 4) is 0 Å². The Hall–Kier alpha value is -3.35. The first kappa shape index (κ1) is 33.9. The fourth-order valence-electron chi connectivity index (χ4n) is 2.94. The smallest absolute Gasteiger partial charge is 0.399 e. The van der Waals surface area contributed by atoms with Gasteiger partial charge in [-0.2, -0.15) is 26.3 Å². The van der Waals surface area contributed by atoms with Gasteiger partial charge in [-0.3, -0.25) is 9.59 Å². The summed E-state index contributed by atoms with van der Waals surface area (Å²) < 4.78 is 74.6. The fraction of sp³-hybridized carbons (Fsp3) is 0.0714. The molecule has 0 aliphatic rings.